The Balaban J connectivity index is 1.86. The molecular weight excluding hydrogens is 380 g/mol. The average Bonchev–Trinajstić information content (AvgIpc) is 3.48. The minimum atomic E-state index is -1.04. The first kappa shape index (κ1) is 18.1. The van der Waals surface area contributed by atoms with Gasteiger partial charge in [-0.1, -0.05) is 35.9 Å². The Morgan fingerprint density at radius 3 is 2.30 bits per heavy atom. The van der Waals surface area contributed by atoms with E-state index in [1.54, 1.807) is 29.1 Å². The fourth-order valence-electron chi connectivity index (χ4n) is 3.03. The van der Waals surface area contributed by atoms with E-state index in [-0.39, 0.29) is 5.56 Å². The molecule has 0 radical (unpaired) electrons. The number of nitrogens with zero attached hydrogens (tertiary/aromatic N) is 2. The molecule has 0 spiro atoms. The molecule has 4 rings (SSSR count). The van der Waals surface area contributed by atoms with Gasteiger partial charge >= 0.3 is 0 Å². The van der Waals surface area contributed by atoms with Gasteiger partial charge in [0.2, 0.25) is 0 Å². The molecule has 1 aliphatic carbocycles. The normalized spacial score (nSPS) is 14.9. The van der Waals surface area contributed by atoms with Crippen molar-refractivity contribution in [2.75, 3.05) is 6.26 Å². The number of hydrogen-bond acceptors (Lipinski definition) is 3. The van der Waals surface area contributed by atoms with Crippen LogP contribution in [0.25, 0.3) is 22.4 Å². The number of halogens is 1. The molecule has 0 bridgehead atoms. The summed E-state index contributed by atoms with van der Waals surface area (Å²) in [6.07, 6.45) is 3.96. The van der Waals surface area contributed by atoms with E-state index < -0.39 is 10.8 Å². The largest absolute Gasteiger partial charge is 0.268 e. The molecule has 138 valence electrons. The van der Waals surface area contributed by atoms with E-state index in [1.807, 2.05) is 36.4 Å². The third-order valence-corrected chi connectivity index (χ3v) is 5.93. The first-order chi connectivity index (χ1) is 13.0. The van der Waals surface area contributed by atoms with Gasteiger partial charge in [-0.15, -0.1) is 0 Å². The van der Waals surface area contributed by atoms with Crippen LogP contribution in [0.3, 0.4) is 0 Å². The van der Waals surface area contributed by atoms with E-state index in [9.17, 15) is 9.00 Å². The maximum absolute atomic E-state index is 12.6. The van der Waals surface area contributed by atoms with E-state index in [2.05, 4.69) is 0 Å². The van der Waals surface area contributed by atoms with E-state index in [1.165, 1.54) is 0 Å². The molecule has 4 nitrogen and oxygen atoms in total. The summed E-state index contributed by atoms with van der Waals surface area (Å²) in [5, 5.41) is 5.33. The fraction of sp³-hybridized carbons (Fsp3) is 0.238. The molecule has 1 atom stereocenters. The summed E-state index contributed by atoms with van der Waals surface area (Å²) in [6.45, 7) is 0.657. The zero-order valence-corrected chi connectivity index (χ0v) is 16.5. The second-order valence-electron chi connectivity index (χ2n) is 6.86. The summed E-state index contributed by atoms with van der Waals surface area (Å²) in [6, 6.07) is 16.5. The lowest BCUT2D eigenvalue weighted by atomic mass is 10.00. The van der Waals surface area contributed by atoms with Crippen LogP contribution < -0.4 is 5.56 Å². The molecule has 1 aromatic heterocycles. The Morgan fingerprint density at radius 1 is 1.07 bits per heavy atom. The van der Waals surface area contributed by atoms with Gasteiger partial charge < -0.3 is 0 Å². The predicted molar refractivity (Wildman–Crippen MR) is 109 cm³/mol. The van der Waals surface area contributed by atoms with Gasteiger partial charge in [0.15, 0.2) is 0 Å². The van der Waals surface area contributed by atoms with Crippen molar-refractivity contribution in [3.05, 3.63) is 70.0 Å². The summed E-state index contributed by atoms with van der Waals surface area (Å²) in [4.78, 5) is 13.4. The maximum atomic E-state index is 12.6. The third kappa shape index (κ3) is 4.04. The van der Waals surface area contributed by atoms with Crippen molar-refractivity contribution in [1.82, 2.24) is 9.78 Å². The second kappa shape index (κ2) is 7.41. The highest BCUT2D eigenvalue weighted by Crippen LogP contribution is 2.32. The molecule has 6 heteroatoms. The molecule has 0 saturated heterocycles. The predicted octanol–water partition coefficient (Wildman–Crippen LogP) is 4.38. The van der Waals surface area contributed by atoms with Crippen LogP contribution in [0.15, 0.2) is 64.3 Å². The molecule has 1 aliphatic rings. The summed E-state index contributed by atoms with van der Waals surface area (Å²) in [7, 11) is -1.04. The van der Waals surface area contributed by atoms with Crippen LogP contribution in [0.5, 0.6) is 0 Å². The summed E-state index contributed by atoms with van der Waals surface area (Å²) < 4.78 is 13.2. The van der Waals surface area contributed by atoms with Crippen LogP contribution in [-0.4, -0.2) is 20.2 Å². The molecule has 0 N–H and O–H groups in total. The standard InChI is InChI=1S/C21H19ClN2O2S/c1-27(26)18-10-6-16(7-11-18)21-19(15-4-8-17(22)9-5-15)12-20(25)24(23-21)13-14-2-3-14/h4-12,14H,2-3,13H2,1H3. The van der Waals surface area contributed by atoms with Crippen LogP contribution in [0, 0.1) is 5.92 Å². The van der Waals surface area contributed by atoms with Crippen LogP contribution >= 0.6 is 11.6 Å². The smallest absolute Gasteiger partial charge is 0.267 e. The molecule has 27 heavy (non-hydrogen) atoms. The molecule has 3 aromatic rings. The highest BCUT2D eigenvalue weighted by Gasteiger charge is 2.23. The quantitative estimate of drug-likeness (QED) is 0.640. The number of aromatic nitrogens is 2. The Hall–Kier alpha value is -2.24. The molecule has 1 heterocycles. The third-order valence-electron chi connectivity index (χ3n) is 4.74. The van der Waals surface area contributed by atoms with Crippen molar-refractivity contribution in [1.29, 1.82) is 0 Å². The van der Waals surface area contributed by atoms with Gasteiger partial charge in [0, 0.05) is 50.7 Å². The monoisotopic (exact) mass is 398 g/mol. The molecule has 0 amide bonds. The van der Waals surface area contributed by atoms with Crippen molar-refractivity contribution in [3.63, 3.8) is 0 Å². The number of rotatable bonds is 5. The zero-order chi connectivity index (χ0) is 19.0. The Bertz CT molecular complexity index is 1060. The lowest BCUT2D eigenvalue weighted by Crippen LogP contribution is -2.24. The average molecular weight is 399 g/mol. The SMILES string of the molecule is CS(=O)c1ccc(-c2nn(CC3CC3)c(=O)cc2-c2ccc(Cl)cc2)cc1. The van der Waals surface area contributed by atoms with Crippen molar-refractivity contribution < 1.29 is 4.21 Å². The Kier molecular flexibility index (Phi) is 4.98. The van der Waals surface area contributed by atoms with Gasteiger partial charge in [0.05, 0.1) is 5.69 Å². The van der Waals surface area contributed by atoms with Gasteiger partial charge in [-0.05, 0) is 48.6 Å². The fourth-order valence-corrected chi connectivity index (χ4v) is 3.68. The molecule has 2 aromatic carbocycles. The minimum absolute atomic E-state index is 0.0955. The van der Waals surface area contributed by atoms with Crippen LogP contribution in [0.2, 0.25) is 5.02 Å². The van der Waals surface area contributed by atoms with E-state index in [0.29, 0.717) is 17.5 Å². The number of benzene rings is 2. The van der Waals surface area contributed by atoms with E-state index in [4.69, 9.17) is 16.7 Å². The van der Waals surface area contributed by atoms with Crippen molar-refractivity contribution >= 4 is 22.4 Å². The van der Waals surface area contributed by atoms with Crippen molar-refractivity contribution in [3.8, 4) is 22.4 Å². The first-order valence-electron chi connectivity index (χ1n) is 8.83. The lowest BCUT2D eigenvalue weighted by molar-refractivity contribution is 0.536. The lowest BCUT2D eigenvalue weighted by Gasteiger charge is -2.13. The zero-order valence-electron chi connectivity index (χ0n) is 14.9. The van der Waals surface area contributed by atoms with E-state index in [0.717, 1.165) is 40.1 Å². The van der Waals surface area contributed by atoms with Crippen molar-refractivity contribution in [2.24, 2.45) is 5.92 Å². The summed E-state index contributed by atoms with van der Waals surface area (Å²) in [5.41, 5.74) is 3.20. The maximum Gasteiger partial charge on any atom is 0.267 e. The summed E-state index contributed by atoms with van der Waals surface area (Å²) >= 11 is 6.01. The molecule has 1 saturated carbocycles. The van der Waals surface area contributed by atoms with Gasteiger partial charge in [-0.3, -0.25) is 9.00 Å². The Labute approximate surface area is 165 Å². The highest BCUT2D eigenvalue weighted by atomic mass is 35.5. The summed E-state index contributed by atoms with van der Waals surface area (Å²) in [5.74, 6) is 0.550. The van der Waals surface area contributed by atoms with Gasteiger partial charge in [-0.2, -0.15) is 5.10 Å². The van der Waals surface area contributed by atoms with Gasteiger partial charge in [0.1, 0.15) is 0 Å². The van der Waals surface area contributed by atoms with Crippen LogP contribution in [0.1, 0.15) is 12.8 Å². The first-order valence-corrected chi connectivity index (χ1v) is 10.8. The number of hydrogen-bond donors (Lipinski definition) is 0. The van der Waals surface area contributed by atoms with Crippen molar-refractivity contribution in [2.45, 2.75) is 24.3 Å². The molecule has 1 unspecified atom stereocenters. The Morgan fingerprint density at radius 2 is 1.70 bits per heavy atom. The van der Waals surface area contributed by atoms with Gasteiger partial charge in [0.25, 0.3) is 5.56 Å². The van der Waals surface area contributed by atoms with Crippen LogP contribution in [0.4, 0.5) is 0 Å². The highest BCUT2D eigenvalue weighted by molar-refractivity contribution is 7.84. The molecular formula is C21H19ClN2O2S. The van der Waals surface area contributed by atoms with Gasteiger partial charge in [-0.25, -0.2) is 4.68 Å². The second-order valence-corrected chi connectivity index (χ2v) is 8.67. The van der Waals surface area contributed by atoms with E-state index >= 15 is 0 Å². The molecule has 0 aliphatic heterocycles. The minimum Gasteiger partial charge on any atom is -0.268 e. The topological polar surface area (TPSA) is 52.0 Å². The molecule has 1 fully saturated rings. The van der Waals surface area contributed by atoms with Crippen LogP contribution in [-0.2, 0) is 17.3 Å².